The summed E-state index contributed by atoms with van der Waals surface area (Å²) >= 11 is 6.54. The fourth-order valence-corrected chi connectivity index (χ4v) is 4.04. The first kappa shape index (κ1) is 25.5. The van der Waals surface area contributed by atoms with E-state index in [0.29, 0.717) is 47.5 Å². The Labute approximate surface area is 217 Å². The maximum Gasteiger partial charge on any atom is 0.411 e. The Balaban J connectivity index is 1.86. The molecule has 2 bridgehead atoms. The lowest BCUT2D eigenvalue weighted by atomic mass is 10.0. The Morgan fingerprint density at radius 3 is 2.54 bits per heavy atom. The van der Waals surface area contributed by atoms with E-state index < -0.39 is 12.0 Å². The van der Waals surface area contributed by atoms with E-state index in [4.69, 9.17) is 21.6 Å². The third-order valence-electron chi connectivity index (χ3n) is 5.57. The summed E-state index contributed by atoms with van der Waals surface area (Å²) in [5.74, 6) is -0.105. The molecule has 1 aliphatic rings. The van der Waals surface area contributed by atoms with Crippen LogP contribution in [0.5, 0.6) is 0 Å². The number of aromatic nitrogens is 2. The van der Waals surface area contributed by atoms with Crippen LogP contribution in [-0.2, 0) is 16.0 Å². The fourth-order valence-electron chi connectivity index (χ4n) is 3.79. The molecule has 1 aliphatic heterocycles. The molecule has 0 unspecified atom stereocenters. The summed E-state index contributed by atoms with van der Waals surface area (Å²) in [6.45, 7) is 0. The first-order valence-electron chi connectivity index (χ1n) is 11.4. The Hall–Kier alpha value is -4.62. The number of hydrogen-bond acceptors (Lipinski definition) is 6. The van der Waals surface area contributed by atoms with Crippen molar-refractivity contribution in [2.75, 3.05) is 23.1 Å². The molecule has 188 valence electrons. The summed E-state index contributed by atoms with van der Waals surface area (Å²) in [6.07, 6.45) is 5.27. The van der Waals surface area contributed by atoms with Gasteiger partial charge in [0.15, 0.2) is 0 Å². The summed E-state index contributed by atoms with van der Waals surface area (Å²) < 4.78 is 4.70. The molecule has 0 fully saturated rings. The Morgan fingerprint density at radius 1 is 1.11 bits per heavy atom. The number of carbonyl (C=O) groups is 3. The molecule has 3 aromatic rings. The van der Waals surface area contributed by atoms with E-state index in [9.17, 15) is 14.4 Å². The molecule has 0 atom stereocenters. The molecule has 4 rings (SSSR count). The zero-order valence-corrected chi connectivity index (χ0v) is 20.6. The van der Waals surface area contributed by atoms with E-state index in [1.807, 2.05) is 18.2 Å². The van der Waals surface area contributed by atoms with Gasteiger partial charge in [-0.1, -0.05) is 23.8 Å². The van der Waals surface area contributed by atoms with E-state index in [1.165, 1.54) is 37.4 Å². The number of fused-ring (bicyclic) bond motifs is 4. The SMILES string of the molecule is COC(=O)Nc1cc2c(c(NC(=O)c3ccc(C#N)cc3)c1)-c1nc([nH]c1Cl)CCC=CCCC(=O)N2. The van der Waals surface area contributed by atoms with Crippen molar-refractivity contribution in [3.8, 4) is 17.3 Å². The highest BCUT2D eigenvalue weighted by Crippen LogP contribution is 2.41. The van der Waals surface area contributed by atoms with E-state index >= 15 is 0 Å². The predicted octanol–water partition coefficient (Wildman–Crippen LogP) is 5.25. The predicted molar refractivity (Wildman–Crippen MR) is 139 cm³/mol. The van der Waals surface area contributed by atoms with Crippen LogP contribution in [0.15, 0.2) is 48.6 Å². The van der Waals surface area contributed by atoms with Gasteiger partial charge < -0.3 is 20.4 Å². The molecule has 3 amide bonds. The average Bonchev–Trinajstić information content (AvgIpc) is 3.25. The lowest BCUT2D eigenvalue weighted by Crippen LogP contribution is -2.17. The highest BCUT2D eigenvalue weighted by atomic mass is 35.5. The number of anilines is 3. The summed E-state index contributed by atoms with van der Waals surface area (Å²) in [4.78, 5) is 45.6. The lowest BCUT2D eigenvalue weighted by Gasteiger charge is -2.18. The van der Waals surface area contributed by atoms with E-state index in [0.717, 1.165) is 0 Å². The van der Waals surface area contributed by atoms with E-state index in [-0.39, 0.29) is 34.5 Å². The minimum atomic E-state index is -0.731. The normalized spacial score (nSPS) is 13.1. The molecule has 0 saturated carbocycles. The number of ether oxygens (including phenoxy) is 1. The minimum Gasteiger partial charge on any atom is -0.453 e. The van der Waals surface area contributed by atoms with Gasteiger partial charge >= 0.3 is 6.09 Å². The van der Waals surface area contributed by atoms with Crippen molar-refractivity contribution < 1.29 is 19.1 Å². The maximum atomic E-state index is 13.2. The lowest BCUT2D eigenvalue weighted by molar-refractivity contribution is -0.116. The van der Waals surface area contributed by atoms with Crippen molar-refractivity contribution in [3.63, 3.8) is 0 Å². The molecule has 0 spiro atoms. The molecule has 2 aromatic carbocycles. The number of hydrogen-bond donors (Lipinski definition) is 4. The Kier molecular flexibility index (Phi) is 7.86. The number of carbonyl (C=O) groups excluding carboxylic acids is 3. The number of rotatable bonds is 3. The number of halogens is 1. The topological polar surface area (TPSA) is 149 Å². The summed E-state index contributed by atoms with van der Waals surface area (Å²) in [7, 11) is 1.22. The Morgan fingerprint density at radius 2 is 1.84 bits per heavy atom. The smallest absolute Gasteiger partial charge is 0.411 e. The van der Waals surface area contributed by atoms with Gasteiger partial charge in [-0.05, 0) is 49.2 Å². The zero-order chi connectivity index (χ0) is 26.4. The number of nitriles is 1. The maximum absolute atomic E-state index is 13.2. The van der Waals surface area contributed by atoms with Gasteiger partial charge in [-0.15, -0.1) is 0 Å². The number of allylic oxidation sites excluding steroid dienone is 2. The molecule has 11 heteroatoms. The van der Waals surface area contributed by atoms with Gasteiger partial charge in [-0.2, -0.15) is 5.26 Å². The molecule has 0 radical (unpaired) electrons. The van der Waals surface area contributed by atoms with Gasteiger partial charge in [0.05, 0.1) is 35.7 Å². The summed E-state index contributed by atoms with van der Waals surface area (Å²) in [5, 5.41) is 17.5. The van der Waals surface area contributed by atoms with Crippen LogP contribution in [0.3, 0.4) is 0 Å². The molecule has 2 heterocycles. The van der Waals surface area contributed by atoms with Gasteiger partial charge in [0, 0.05) is 24.1 Å². The number of imidazole rings is 1. The quantitative estimate of drug-likeness (QED) is 0.348. The van der Waals surface area contributed by atoms with Gasteiger partial charge in [-0.25, -0.2) is 9.78 Å². The van der Waals surface area contributed by atoms with Crippen molar-refractivity contribution in [1.29, 1.82) is 5.26 Å². The zero-order valence-electron chi connectivity index (χ0n) is 19.9. The molecular weight excluding hydrogens is 496 g/mol. The third-order valence-corrected chi connectivity index (χ3v) is 5.84. The molecular formula is C26H23ClN6O4. The second-order valence-electron chi connectivity index (χ2n) is 8.15. The van der Waals surface area contributed by atoms with Gasteiger partial charge in [-0.3, -0.25) is 14.9 Å². The van der Waals surface area contributed by atoms with Crippen molar-refractivity contribution in [2.45, 2.75) is 25.7 Å². The number of benzene rings is 2. The van der Waals surface area contributed by atoms with Crippen molar-refractivity contribution in [2.24, 2.45) is 0 Å². The second kappa shape index (κ2) is 11.4. The van der Waals surface area contributed by atoms with Gasteiger partial charge in [0.25, 0.3) is 5.91 Å². The first-order chi connectivity index (χ1) is 17.9. The number of H-pyrrole nitrogens is 1. The number of aryl methyl sites for hydroxylation is 1. The van der Waals surface area contributed by atoms with E-state index in [2.05, 4.69) is 25.9 Å². The first-order valence-corrected chi connectivity index (χ1v) is 11.8. The number of amides is 3. The number of methoxy groups -OCH3 is 1. The molecule has 0 aliphatic carbocycles. The molecule has 0 saturated heterocycles. The van der Waals surface area contributed by atoms with Gasteiger partial charge in [0.2, 0.25) is 5.91 Å². The minimum absolute atomic E-state index is 0.231. The van der Waals surface area contributed by atoms with Crippen molar-refractivity contribution in [3.05, 3.63) is 70.7 Å². The number of aromatic amines is 1. The van der Waals surface area contributed by atoms with Crippen LogP contribution in [-0.4, -0.2) is 35.0 Å². The van der Waals surface area contributed by atoms with Crippen molar-refractivity contribution >= 4 is 46.6 Å². The third kappa shape index (κ3) is 6.15. The van der Waals surface area contributed by atoms with Crippen LogP contribution >= 0.6 is 11.6 Å². The van der Waals surface area contributed by atoms with Crippen LogP contribution in [0.4, 0.5) is 21.9 Å². The fraction of sp³-hybridized carbons (Fsp3) is 0.192. The largest absolute Gasteiger partial charge is 0.453 e. The highest BCUT2D eigenvalue weighted by Gasteiger charge is 2.23. The second-order valence-corrected chi connectivity index (χ2v) is 8.53. The Bertz CT molecular complexity index is 1420. The number of nitrogens with one attached hydrogen (secondary N) is 4. The van der Waals surface area contributed by atoms with Crippen LogP contribution in [0.1, 0.15) is 41.0 Å². The van der Waals surface area contributed by atoms with Crippen LogP contribution in [0.25, 0.3) is 11.3 Å². The standard InChI is InChI=1S/C26H23ClN6O4/c1-37-26(36)29-17-12-18-22(19(13-17)31-25(35)16-10-8-15(14-28)9-11-16)23-24(27)33-20(32-23)6-4-2-3-5-7-21(34)30-18/h2-3,8-13H,4-7H2,1H3,(H,29,36)(H,30,34)(H,31,35)(H,32,33). The van der Waals surface area contributed by atoms with Crippen LogP contribution in [0.2, 0.25) is 5.15 Å². The summed E-state index contributed by atoms with van der Waals surface area (Å²) in [5.41, 5.74) is 2.20. The molecule has 1 aromatic heterocycles. The van der Waals surface area contributed by atoms with Gasteiger partial charge in [0.1, 0.15) is 16.7 Å². The average molecular weight is 519 g/mol. The monoisotopic (exact) mass is 518 g/mol. The highest BCUT2D eigenvalue weighted by molar-refractivity contribution is 6.32. The molecule has 37 heavy (non-hydrogen) atoms. The molecule has 10 nitrogen and oxygen atoms in total. The van der Waals surface area contributed by atoms with Crippen LogP contribution in [0, 0.1) is 11.3 Å². The number of nitrogens with zero attached hydrogens (tertiary/aromatic N) is 2. The van der Waals surface area contributed by atoms with E-state index in [1.54, 1.807) is 6.07 Å². The molecule has 4 N–H and O–H groups in total. The summed E-state index contributed by atoms with van der Waals surface area (Å²) in [6, 6.07) is 11.2. The van der Waals surface area contributed by atoms with Crippen molar-refractivity contribution in [1.82, 2.24) is 9.97 Å². The van der Waals surface area contributed by atoms with Crippen LogP contribution < -0.4 is 16.0 Å².